The van der Waals surface area contributed by atoms with Gasteiger partial charge >= 0.3 is 0 Å². The number of aliphatic imine (C=N–C) groups is 1. The summed E-state index contributed by atoms with van der Waals surface area (Å²) < 4.78 is 11.3. The summed E-state index contributed by atoms with van der Waals surface area (Å²) in [6.07, 6.45) is 5.78. The van der Waals surface area contributed by atoms with Gasteiger partial charge in [0, 0.05) is 57.5 Å². The van der Waals surface area contributed by atoms with Crippen molar-refractivity contribution in [2.75, 3.05) is 59.2 Å². The summed E-state index contributed by atoms with van der Waals surface area (Å²) in [5.74, 6) is 2.33. The van der Waals surface area contributed by atoms with E-state index >= 15 is 0 Å². The van der Waals surface area contributed by atoms with Crippen LogP contribution in [0.1, 0.15) is 43.9 Å². The van der Waals surface area contributed by atoms with E-state index in [0.717, 1.165) is 77.8 Å². The summed E-state index contributed by atoms with van der Waals surface area (Å²) in [4.78, 5) is 8.91. The summed E-state index contributed by atoms with van der Waals surface area (Å²) in [6, 6.07) is 4.39. The predicted molar refractivity (Wildman–Crippen MR) is 141 cm³/mol. The number of nitrogens with zero attached hydrogens (tertiary/aromatic N) is 2. The fourth-order valence-electron chi connectivity index (χ4n) is 4.06. The highest BCUT2D eigenvalue weighted by atomic mass is 127. The molecule has 2 N–H and O–H groups in total. The fraction of sp³-hybridized carbons (Fsp3) is 0.783. The highest BCUT2D eigenvalue weighted by Crippen LogP contribution is 2.21. The Morgan fingerprint density at radius 2 is 2.00 bits per heavy atom. The molecule has 0 atom stereocenters. The van der Waals surface area contributed by atoms with Crippen LogP contribution < -0.4 is 10.6 Å². The third-order valence-corrected chi connectivity index (χ3v) is 6.83. The van der Waals surface area contributed by atoms with Crippen molar-refractivity contribution in [3.63, 3.8) is 0 Å². The van der Waals surface area contributed by atoms with Crippen molar-refractivity contribution < 1.29 is 9.47 Å². The Morgan fingerprint density at radius 1 is 1.19 bits per heavy atom. The lowest BCUT2D eigenvalue weighted by Gasteiger charge is -2.31. The van der Waals surface area contributed by atoms with Crippen LogP contribution in [0.2, 0.25) is 0 Å². The fourth-order valence-corrected chi connectivity index (χ4v) is 4.80. The van der Waals surface area contributed by atoms with E-state index in [9.17, 15) is 0 Å². The van der Waals surface area contributed by atoms with Gasteiger partial charge in [0.25, 0.3) is 0 Å². The number of ether oxygens (including phenoxy) is 2. The van der Waals surface area contributed by atoms with Crippen LogP contribution in [0.5, 0.6) is 0 Å². The molecule has 31 heavy (non-hydrogen) atoms. The van der Waals surface area contributed by atoms with Gasteiger partial charge < -0.3 is 20.1 Å². The summed E-state index contributed by atoms with van der Waals surface area (Å²) >= 11 is 1.86. The summed E-state index contributed by atoms with van der Waals surface area (Å²) in [6.45, 7) is 11.8. The first-order valence-electron chi connectivity index (χ1n) is 11.8. The van der Waals surface area contributed by atoms with E-state index in [1.165, 1.54) is 30.8 Å². The van der Waals surface area contributed by atoms with E-state index < -0.39 is 0 Å². The molecule has 0 bridgehead atoms. The van der Waals surface area contributed by atoms with Gasteiger partial charge in [-0.1, -0.05) is 6.07 Å². The maximum Gasteiger partial charge on any atom is 0.191 e. The number of likely N-dealkylation sites (tertiary alicyclic amines) is 1. The third kappa shape index (κ3) is 10.8. The highest BCUT2D eigenvalue weighted by Gasteiger charge is 2.19. The smallest absolute Gasteiger partial charge is 0.191 e. The molecule has 0 spiro atoms. The molecule has 1 aromatic heterocycles. The standard InChI is InChI=1S/C23H40N4O2S.HI/c1-2-24-23(25-10-4-13-29-19-21-8-14-28-15-9-21)26-17-20-6-11-27(12-7-20)18-22-5-3-16-30-22;/h3,5,16,20-21H,2,4,6-15,17-19H2,1H3,(H2,24,25,26);1H. The molecule has 0 amide bonds. The second-order valence-electron chi connectivity index (χ2n) is 8.43. The summed E-state index contributed by atoms with van der Waals surface area (Å²) in [5.41, 5.74) is 0. The van der Waals surface area contributed by atoms with E-state index in [4.69, 9.17) is 14.5 Å². The number of thiophene rings is 1. The Bertz CT molecular complexity index is 588. The van der Waals surface area contributed by atoms with Crippen LogP contribution in [-0.4, -0.2) is 70.0 Å². The second-order valence-corrected chi connectivity index (χ2v) is 9.46. The minimum absolute atomic E-state index is 0. The van der Waals surface area contributed by atoms with E-state index in [2.05, 4.69) is 40.0 Å². The molecule has 3 heterocycles. The zero-order valence-corrected chi connectivity index (χ0v) is 22.2. The average Bonchev–Trinajstić information content (AvgIpc) is 3.29. The minimum Gasteiger partial charge on any atom is -0.381 e. The molecule has 2 fully saturated rings. The van der Waals surface area contributed by atoms with Gasteiger partial charge in [-0.05, 0) is 75.4 Å². The maximum atomic E-state index is 5.86. The molecule has 0 aliphatic carbocycles. The van der Waals surface area contributed by atoms with Gasteiger partial charge in [-0.2, -0.15) is 0 Å². The van der Waals surface area contributed by atoms with Crippen LogP contribution in [0.3, 0.4) is 0 Å². The van der Waals surface area contributed by atoms with Gasteiger partial charge in [-0.3, -0.25) is 9.89 Å². The zero-order chi connectivity index (χ0) is 20.9. The molecular formula is C23H41IN4O2S. The number of guanidine groups is 1. The topological polar surface area (TPSA) is 58.1 Å². The van der Waals surface area contributed by atoms with Crippen LogP contribution in [-0.2, 0) is 16.0 Å². The minimum atomic E-state index is 0. The first kappa shape index (κ1) is 26.8. The van der Waals surface area contributed by atoms with Crippen molar-refractivity contribution in [1.82, 2.24) is 15.5 Å². The number of nitrogens with one attached hydrogen (secondary N) is 2. The third-order valence-electron chi connectivity index (χ3n) is 5.97. The quantitative estimate of drug-likeness (QED) is 0.185. The molecule has 2 aliphatic rings. The Hall–Kier alpha value is -0.420. The van der Waals surface area contributed by atoms with Crippen LogP contribution in [0.4, 0.5) is 0 Å². The van der Waals surface area contributed by atoms with Crippen molar-refractivity contribution in [1.29, 1.82) is 0 Å². The predicted octanol–water partition coefficient (Wildman–Crippen LogP) is 3.97. The molecule has 8 heteroatoms. The highest BCUT2D eigenvalue weighted by molar-refractivity contribution is 14.0. The zero-order valence-electron chi connectivity index (χ0n) is 19.0. The van der Waals surface area contributed by atoms with E-state index in [0.29, 0.717) is 11.8 Å². The van der Waals surface area contributed by atoms with Crippen molar-refractivity contribution in [3.05, 3.63) is 22.4 Å². The number of piperidine rings is 1. The van der Waals surface area contributed by atoms with Crippen LogP contribution in [0, 0.1) is 11.8 Å². The molecule has 2 aliphatic heterocycles. The second kappa shape index (κ2) is 16.2. The normalized spacial score (nSPS) is 19.2. The lowest BCUT2D eigenvalue weighted by Crippen LogP contribution is -2.39. The molecule has 1 aromatic rings. The van der Waals surface area contributed by atoms with E-state index in [1.54, 1.807) is 0 Å². The summed E-state index contributed by atoms with van der Waals surface area (Å²) in [7, 11) is 0. The van der Waals surface area contributed by atoms with Gasteiger partial charge in [-0.15, -0.1) is 35.3 Å². The molecule has 0 radical (unpaired) electrons. The lowest BCUT2D eigenvalue weighted by atomic mass is 9.97. The molecular weight excluding hydrogens is 523 g/mol. The Morgan fingerprint density at radius 3 is 2.71 bits per heavy atom. The van der Waals surface area contributed by atoms with Crippen molar-refractivity contribution in [2.24, 2.45) is 16.8 Å². The maximum absolute atomic E-state index is 5.86. The van der Waals surface area contributed by atoms with Crippen LogP contribution in [0.25, 0.3) is 0 Å². The van der Waals surface area contributed by atoms with Gasteiger partial charge in [0.05, 0.1) is 0 Å². The van der Waals surface area contributed by atoms with Crippen molar-refractivity contribution >= 4 is 41.3 Å². The molecule has 0 unspecified atom stereocenters. The van der Waals surface area contributed by atoms with Gasteiger partial charge in [0.15, 0.2) is 5.96 Å². The van der Waals surface area contributed by atoms with Crippen LogP contribution in [0.15, 0.2) is 22.5 Å². The number of hydrogen-bond donors (Lipinski definition) is 2. The monoisotopic (exact) mass is 564 g/mol. The van der Waals surface area contributed by atoms with E-state index in [-0.39, 0.29) is 24.0 Å². The summed E-state index contributed by atoms with van der Waals surface area (Å²) in [5, 5.41) is 9.02. The number of hydrogen-bond acceptors (Lipinski definition) is 5. The van der Waals surface area contributed by atoms with Crippen LogP contribution >= 0.6 is 35.3 Å². The molecule has 0 aromatic carbocycles. The molecule has 2 saturated heterocycles. The average molecular weight is 565 g/mol. The Balaban J connectivity index is 0.00000341. The van der Waals surface area contributed by atoms with Gasteiger partial charge in [-0.25, -0.2) is 0 Å². The Labute approximate surface area is 209 Å². The number of rotatable bonds is 11. The van der Waals surface area contributed by atoms with E-state index in [1.807, 2.05) is 11.3 Å². The first-order valence-corrected chi connectivity index (χ1v) is 12.6. The SMILES string of the molecule is CCNC(=NCC1CCN(Cc2cccs2)CC1)NCCCOCC1CCOCC1.I. The van der Waals surface area contributed by atoms with Gasteiger partial charge in [0.1, 0.15) is 0 Å². The van der Waals surface area contributed by atoms with Crippen molar-refractivity contribution in [3.8, 4) is 0 Å². The van der Waals surface area contributed by atoms with Crippen molar-refractivity contribution in [2.45, 2.75) is 45.6 Å². The molecule has 0 saturated carbocycles. The largest absolute Gasteiger partial charge is 0.381 e. The lowest BCUT2D eigenvalue weighted by molar-refractivity contribution is 0.0203. The number of halogens is 1. The Kier molecular flexibility index (Phi) is 14.0. The molecule has 6 nitrogen and oxygen atoms in total. The molecule has 178 valence electrons. The first-order chi connectivity index (χ1) is 14.8. The molecule has 3 rings (SSSR count). The van der Waals surface area contributed by atoms with Gasteiger partial charge in [0.2, 0.25) is 0 Å².